The molecular weight excluding hydrogens is 350 g/mol. The first-order valence-corrected chi connectivity index (χ1v) is 8.49. The molecule has 142 valence electrons. The molecule has 1 saturated heterocycles. The largest absolute Gasteiger partial charge is 0.506 e. The third kappa shape index (κ3) is 3.78. The van der Waals surface area contributed by atoms with Crippen LogP contribution >= 0.6 is 11.3 Å². The average molecular weight is 394 g/mol. The molecule has 2 N–H and O–H groups in total. The minimum absolute atomic E-state index is 0.0671. The fourth-order valence-electron chi connectivity index (χ4n) is 2.51. The van der Waals surface area contributed by atoms with E-state index in [0.29, 0.717) is 0 Å². The van der Waals surface area contributed by atoms with Gasteiger partial charge in [0.1, 0.15) is 16.1 Å². The molecule has 7 heteroatoms. The number of aromatic nitrogens is 1. The number of carbonyl (C=O) groups excluding carboxylic acids is 1. The van der Waals surface area contributed by atoms with Gasteiger partial charge in [0.15, 0.2) is 1.41 Å². The van der Waals surface area contributed by atoms with Crippen LogP contribution in [0.15, 0.2) is 16.2 Å². The highest BCUT2D eigenvalue weighted by molar-refractivity contribution is 7.16. The summed E-state index contributed by atoms with van der Waals surface area (Å²) in [5, 5.41) is 8.83. The van der Waals surface area contributed by atoms with Crippen molar-refractivity contribution < 1.29 is 31.9 Å². The number of nitrogens with zero attached hydrogens (tertiary/aromatic N) is 2. The van der Waals surface area contributed by atoms with Gasteiger partial charge in [0.2, 0.25) is 0 Å². The van der Waals surface area contributed by atoms with Crippen molar-refractivity contribution >= 4 is 27.5 Å². The number of amides is 1. The first-order valence-electron chi connectivity index (χ1n) is 15.6. The first-order chi connectivity index (χ1) is 18.7. The van der Waals surface area contributed by atoms with E-state index in [0.717, 1.165) is 4.90 Å². The van der Waals surface area contributed by atoms with Gasteiger partial charge in [-0.1, -0.05) is 6.37 Å². The van der Waals surface area contributed by atoms with Gasteiger partial charge in [0, 0.05) is 29.0 Å². The van der Waals surface area contributed by atoms with Gasteiger partial charge in [-0.25, -0.2) is 0 Å². The van der Waals surface area contributed by atoms with Crippen LogP contribution in [-0.4, -0.2) is 46.6 Å². The van der Waals surface area contributed by atoms with E-state index >= 15 is 0 Å². The highest BCUT2D eigenvalue weighted by Gasteiger charge is 2.23. The number of hydrogen-bond acceptors (Lipinski definition) is 5. The van der Waals surface area contributed by atoms with Crippen LogP contribution in [-0.2, 0) is 0 Å². The third-order valence-corrected chi connectivity index (χ3v) is 4.53. The number of pyridine rings is 1. The number of rotatable bonds is 6. The van der Waals surface area contributed by atoms with E-state index in [1.165, 1.54) is 0 Å². The summed E-state index contributed by atoms with van der Waals surface area (Å²) in [5.41, 5.74) is -3.47. The summed E-state index contributed by atoms with van der Waals surface area (Å²) in [6.07, 6.45) is -2.89. The Balaban J connectivity index is 2.20. The lowest BCUT2D eigenvalue weighted by atomic mass is 10.1. The molecule has 3 rings (SSSR count). The van der Waals surface area contributed by atoms with Crippen molar-refractivity contribution in [1.82, 2.24) is 14.8 Å². The molecule has 0 unspecified atom stereocenters. The fourth-order valence-corrected chi connectivity index (χ4v) is 3.28. The minimum Gasteiger partial charge on any atom is -0.506 e. The lowest BCUT2D eigenvalue weighted by molar-refractivity contribution is 0.0946. The summed E-state index contributed by atoms with van der Waals surface area (Å²) in [6.45, 7) is -13.6. The second kappa shape index (κ2) is 8.22. The Morgan fingerprint density at radius 3 is 3.12 bits per heavy atom. The number of piperidine rings is 1. The molecule has 0 spiro atoms. The van der Waals surface area contributed by atoms with Gasteiger partial charge < -0.3 is 15.3 Å². The molecular formula is C19H27N3O3S. The Bertz CT molecular complexity index is 1420. The fraction of sp³-hybridized carbons (Fsp3) is 0.579. The molecule has 1 aliphatic heterocycles. The van der Waals surface area contributed by atoms with Gasteiger partial charge in [-0.05, 0) is 64.0 Å². The summed E-state index contributed by atoms with van der Waals surface area (Å²) in [5.74, 6) is -3.33. The topological polar surface area (TPSA) is 74.6 Å². The van der Waals surface area contributed by atoms with Crippen molar-refractivity contribution in [2.45, 2.75) is 45.4 Å². The summed E-state index contributed by atoms with van der Waals surface area (Å²) in [4.78, 5) is 27.4. The molecule has 0 aromatic carbocycles. The molecule has 2 aromatic heterocycles. The number of aromatic hydroxyl groups is 1. The van der Waals surface area contributed by atoms with E-state index in [1.54, 1.807) is 0 Å². The Morgan fingerprint density at radius 1 is 1.62 bits per heavy atom. The predicted octanol–water partition coefficient (Wildman–Crippen LogP) is 2.96. The van der Waals surface area contributed by atoms with E-state index in [4.69, 9.17) is 22.0 Å². The third-order valence-electron chi connectivity index (χ3n) is 3.75. The van der Waals surface area contributed by atoms with E-state index in [9.17, 15) is 14.7 Å². The van der Waals surface area contributed by atoms with Crippen molar-refractivity contribution in [2.24, 2.45) is 0 Å². The zero-order valence-electron chi connectivity index (χ0n) is 29.5. The summed E-state index contributed by atoms with van der Waals surface area (Å²) in [7, 11) is 0. The molecule has 26 heavy (non-hydrogen) atoms. The van der Waals surface area contributed by atoms with Gasteiger partial charge in [0.25, 0.3) is 11.5 Å². The van der Waals surface area contributed by atoms with Crippen LogP contribution in [0.1, 0.15) is 76.3 Å². The van der Waals surface area contributed by atoms with Gasteiger partial charge >= 0.3 is 0 Å². The molecule has 0 atom stereocenters. The Labute approximate surface area is 180 Å². The van der Waals surface area contributed by atoms with Gasteiger partial charge in [-0.3, -0.25) is 14.2 Å². The normalized spacial score (nSPS) is 29.1. The molecule has 1 aliphatic rings. The summed E-state index contributed by atoms with van der Waals surface area (Å²) < 4.78 is 128. The molecule has 6 nitrogen and oxygen atoms in total. The molecule has 0 saturated carbocycles. The zero-order valence-corrected chi connectivity index (χ0v) is 14.4. The molecule has 0 bridgehead atoms. The average Bonchev–Trinajstić information content (AvgIpc) is 3.09. The number of carbonyl (C=O) groups is 1. The Morgan fingerprint density at radius 2 is 2.38 bits per heavy atom. The van der Waals surface area contributed by atoms with Gasteiger partial charge in [-0.2, -0.15) is 0 Å². The Hall–Kier alpha value is -1.86. The Kier molecular flexibility index (Phi) is 2.30. The molecule has 0 aliphatic carbocycles. The zero-order chi connectivity index (χ0) is 32.6. The quantitative estimate of drug-likeness (QED) is 0.791. The second-order valence-corrected chi connectivity index (χ2v) is 6.16. The van der Waals surface area contributed by atoms with Crippen molar-refractivity contribution in [3.8, 4) is 5.75 Å². The molecule has 3 heterocycles. The van der Waals surface area contributed by atoms with Gasteiger partial charge in [0.05, 0.1) is 9.50 Å². The molecule has 1 fully saturated rings. The lowest BCUT2D eigenvalue weighted by Crippen LogP contribution is -2.36. The number of nitrogens with one attached hydrogen (secondary N) is 1. The van der Waals surface area contributed by atoms with Crippen molar-refractivity contribution in [1.29, 1.82) is 0 Å². The van der Waals surface area contributed by atoms with E-state index in [-0.39, 0.29) is 41.8 Å². The maximum atomic E-state index is 13.6. The standard InChI is InChI=1S/C19H27N3O3S/c1-13(2)22-18(25)15(16(23)14-7-12-26-19(14)22)17(24)20-8-6-11-21-9-4-3-5-10-21/h7,12-13,23H,3-6,8-11H2,1-2H3,(H,20,24)/i1D3,2D3,3D2,7D,8D2,11D2,12D,13D/hD. The molecule has 0 radical (unpaired) electrons. The summed E-state index contributed by atoms with van der Waals surface area (Å²) >= 11 is 0.185. The number of thiophene rings is 1. The van der Waals surface area contributed by atoms with Crippen molar-refractivity contribution in [3.63, 3.8) is 0 Å². The van der Waals surface area contributed by atoms with Gasteiger partial charge in [-0.15, -0.1) is 11.3 Å². The van der Waals surface area contributed by atoms with Crippen LogP contribution < -0.4 is 10.9 Å². The van der Waals surface area contributed by atoms with Crippen LogP contribution in [0.5, 0.6) is 5.75 Å². The van der Waals surface area contributed by atoms with Crippen LogP contribution in [0.4, 0.5) is 0 Å². The number of likely N-dealkylation sites (tertiary alicyclic amines) is 1. The molecule has 2 aromatic rings. The smallest absolute Gasteiger partial charge is 0.268 e. The number of hydrogen-bond donors (Lipinski definition) is 2. The SMILES string of the molecule is [2H]c1sc2c(c1[2H])c(O)c(C(=O)N([2H])C([2H])([2H])CC([2H])([2H])N1CCC([2H])([2H])CC1)c(=O)n2C([2H])(C([2H])([2H])[2H])C([2H])([2H])[2H]. The maximum absolute atomic E-state index is 13.6. The second-order valence-electron chi connectivity index (χ2n) is 5.37. The highest BCUT2D eigenvalue weighted by atomic mass is 32.1. The van der Waals surface area contributed by atoms with E-state index in [1.807, 2.05) is 0 Å². The van der Waals surface area contributed by atoms with E-state index < -0.39 is 95.2 Å². The molecule has 1 amide bonds. The van der Waals surface area contributed by atoms with E-state index in [2.05, 4.69) is 0 Å². The van der Waals surface area contributed by atoms with Crippen LogP contribution in [0.2, 0.25) is 1.41 Å². The summed E-state index contributed by atoms with van der Waals surface area (Å²) in [6, 6.07) is -4.70. The maximum Gasteiger partial charge on any atom is 0.268 e. The van der Waals surface area contributed by atoms with Crippen LogP contribution in [0.25, 0.3) is 10.2 Å². The lowest BCUT2D eigenvalue weighted by Gasteiger charge is -2.26. The van der Waals surface area contributed by atoms with Crippen LogP contribution in [0.3, 0.4) is 0 Å². The van der Waals surface area contributed by atoms with Crippen molar-refractivity contribution in [3.05, 3.63) is 27.3 Å². The predicted molar refractivity (Wildman–Crippen MR) is 105 cm³/mol. The highest BCUT2D eigenvalue weighted by Crippen LogP contribution is 2.31. The van der Waals surface area contributed by atoms with Crippen molar-refractivity contribution in [2.75, 3.05) is 26.1 Å². The minimum atomic E-state index is -3.83. The monoisotopic (exact) mass is 393 g/mol. The van der Waals surface area contributed by atoms with Crippen LogP contribution in [0, 0.1) is 0 Å². The number of fused-ring (bicyclic) bond motifs is 1. The first kappa shape index (κ1) is 7.28.